The van der Waals surface area contributed by atoms with Crippen molar-refractivity contribution in [2.24, 2.45) is 0 Å². The molecule has 0 radical (unpaired) electrons. The Kier molecular flexibility index (Phi) is 24.9. The Morgan fingerprint density at radius 1 is 0.653 bits per heavy atom. The third-order valence-electron chi connectivity index (χ3n) is 6.76. The Morgan fingerprint density at radius 2 is 1.14 bits per heavy atom. The minimum atomic E-state index is -0.536. The summed E-state index contributed by atoms with van der Waals surface area (Å²) in [6.07, 6.45) is 3.99. The quantitative estimate of drug-likeness (QED) is 0.0323. The Labute approximate surface area is 297 Å². The number of halogens is 2. The SMILES string of the molecule is CC(=O)N(O)CCCCCNC(=O)CCC(=O)N(O)CCCCCNC(=O)CCOCCOCCOCCC(=O)Oc1c(Cl)cccc1Cl. The molecule has 1 rings (SSSR count). The predicted octanol–water partition coefficient (Wildman–Crippen LogP) is 3.54. The van der Waals surface area contributed by atoms with E-state index in [0.29, 0.717) is 75.1 Å². The second kappa shape index (κ2) is 27.7. The van der Waals surface area contributed by atoms with Crippen molar-refractivity contribution in [2.45, 2.75) is 71.1 Å². The lowest BCUT2D eigenvalue weighted by atomic mass is 10.2. The summed E-state index contributed by atoms with van der Waals surface area (Å²) in [5, 5.41) is 26.5. The number of amides is 4. The maximum absolute atomic E-state index is 12.0. The summed E-state index contributed by atoms with van der Waals surface area (Å²) in [4.78, 5) is 58.7. The standard InChI is InChI=1S/C32H50Cl2N4O11/c1-25(39)37(44)17-6-2-4-15-35-28(40)11-12-30(42)38(45)18-7-3-5-16-36-29(41)13-19-46-21-23-48-24-22-47-20-14-31(43)49-32-26(33)9-8-10-27(32)34/h8-10,44-45H,2-7,11-24H2,1H3,(H,35,40)(H,36,41). The lowest BCUT2D eigenvalue weighted by molar-refractivity contribution is -0.166. The zero-order valence-electron chi connectivity index (χ0n) is 28.1. The Bertz CT molecular complexity index is 1130. The van der Waals surface area contributed by atoms with Crippen LogP contribution < -0.4 is 15.4 Å². The largest absolute Gasteiger partial charge is 0.423 e. The van der Waals surface area contributed by atoms with Crippen LogP contribution in [0.1, 0.15) is 71.1 Å². The van der Waals surface area contributed by atoms with Gasteiger partial charge in [0.25, 0.3) is 0 Å². The molecule has 15 nitrogen and oxygen atoms in total. The maximum Gasteiger partial charge on any atom is 0.313 e. The van der Waals surface area contributed by atoms with Gasteiger partial charge in [-0.3, -0.25) is 34.4 Å². The van der Waals surface area contributed by atoms with Crippen LogP contribution >= 0.6 is 23.2 Å². The summed E-state index contributed by atoms with van der Waals surface area (Å²) in [5.74, 6) is -1.78. The maximum atomic E-state index is 12.0. The molecule has 0 bridgehead atoms. The van der Waals surface area contributed by atoms with Crippen LogP contribution in [0.3, 0.4) is 0 Å². The third kappa shape index (κ3) is 23.1. The van der Waals surface area contributed by atoms with Gasteiger partial charge in [0.05, 0.1) is 56.1 Å². The van der Waals surface area contributed by atoms with Gasteiger partial charge >= 0.3 is 5.97 Å². The van der Waals surface area contributed by atoms with Crippen molar-refractivity contribution in [2.75, 3.05) is 65.8 Å². The predicted molar refractivity (Wildman–Crippen MR) is 179 cm³/mol. The molecule has 0 spiro atoms. The molecule has 0 heterocycles. The van der Waals surface area contributed by atoms with Crippen molar-refractivity contribution in [1.29, 1.82) is 0 Å². The molecule has 4 N–H and O–H groups in total. The Morgan fingerprint density at radius 3 is 1.69 bits per heavy atom. The van der Waals surface area contributed by atoms with E-state index in [-0.39, 0.29) is 86.2 Å². The summed E-state index contributed by atoms with van der Waals surface area (Å²) in [6.45, 7) is 4.16. The fourth-order valence-corrected chi connectivity index (χ4v) is 4.47. The molecule has 4 amide bonds. The molecular formula is C32H50Cl2N4O11. The molecule has 1 aromatic carbocycles. The van der Waals surface area contributed by atoms with Gasteiger partial charge in [0.1, 0.15) is 0 Å². The van der Waals surface area contributed by atoms with Gasteiger partial charge in [0.15, 0.2) is 5.75 Å². The van der Waals surface area contributed by atoms with E-state index in [1.807, 2.05) is 0 Å². The molecule has 0 saturated carbocycles. The van der Waals surface area contributed by atoms with Crippen LogP contribution in [0.4, 0.5) is 0 Å². The van der Waals surface area contributed by atoms with Crippen LogP contribution in [0.2, 0.25) is 10.0 Å². The molecular weight excluding hydrogens is 687 g/mol. The summed E-state index contributed by atoms with van der Waals surface area (Å²) in [7, 11) is 0. The molecule has 0 aliphatic heterocycles. The van der Waals surface area contributed by atoms with Crippen molar-refractivity contribution in [3.05, 3.63) is 28.2 Å². The Balaban J connectivity index is 1.90. The van der Waals surface area contributed by atoms with Gasteiger partial charge in [0.2, 0.25) is 23.6 Å². The zero-order chi connectivity index (χ0) is 36.3. The first kappa shape index (κ1) is 44.0. The van der Waals surface area contributed by atoms with Crippen LogP contribution in [-0.4, -0.2) is 116 Å². The molecule has 0 aromatic heterocycles. The van der Waals surface area contributed by atoms with Gasteiger partial charge in [-0.1, -0.05) is 29.3 Å². The van der Waals surface area contributed by atoms with Gasteiger partial charge in [0, 0.05) is 52.4 Å². The van der Waals surface area contributed by atoms with E-state index < -0.39 is 17.8 Å². The van der Waals surface area contributed by atoms with Gasteiger partial charge in [-0.2, -0.15) is 0 Å². The second-order valence-corrected chi connectivity index (χ2v) is 11.7. The first-order valence-electron chi connectivity index (χ1n) is 16.4. The first-order chi connectivity index (χ1) is 23.5. The summed E-state index contributed by atoms with van der Waals surface area (Å²) in [6, 6.07) is 4.80. The Hall–Kier alpha value is -3.05. The smallest absolute Gasteiger partial charge is 0.313 e. The number of hydroxylamine groups is 4. The number of carbonyl (C=O) groups excluding carboxylic acids is 5. The number of para-hydroxylation sites is 1. The van der Waals surface area contributed by atoms with Crippen molar-refractivity contribution >= 4 is 52.8 Å². The summed E-state index contributed by atoms with van der Waals surface area (Å²) < 4.78 is 21.3. The van der Waals surface area contributed by atoms with Gasteiger partial charge in [-0.15, -0.1) is 0 Å². The van der Waals surface area contributed by atoms with E-state index in [9.17, 15) is 34.4 Å². The van der Waals surface area contributed by atoms with E-state index in [4.69, 9.17) is 42.1 Å². The van der Waals surface area contributed by atoms with Crippen molar-refractivity contribution in [3.63, 3.8) is 0 Å². The molecule has 0 atom stereocenters. The number of nitrogens with zero attached hydrogens (tertiary/aromatic N) is 2. The van der Waals surface area contributed by atoms with E-state index in [2.05, 4.69) is 10.6 Å². The topological polar surface area (TPSA) is 193 Å². The first-order valence-corrected chi connectivity index (χ1v) is 17.1. The van der Waals surface area contributed by atoms with Crippen molar-refractivity contribution in [1.82, 2.24) is 20.8 Å². The van der Waals surface area contributed by atoms with Gasteiger partial charge in [-0.05, 0) is 50.7 Å². The number of unbranched alkanes of at least 4 members (excludes halogenated alkanes) is 4. The van der Waals surface area contributed by atoms with Gasteiger partial charge < -0.3 is 29.6 Å². The highest BCUT2D eigenvalue weighted by Gasteiger charge is 2.14. The highest BCUT2D eigenvalue weighted by molar-refractivity contribution is 6.37. The third-order valence-corrected chi connectivity index (χ3v) is 7.35. The summed E-state index contributed by atoms with van der Waals surface area (Å²) in [5.41, 5.74) is 0. The molecule has 278 valence electrons. The van der Waals surface area contributed by atoms with Crippen LogP contribution in [0.5, 0.6) is 5.75 Å². The van der Waals surface area contributed by atoms with E-state index in [1.54, 1.807) is 18.2 Å². The zero-order valence-corrected chi connectivity index (χ0v) is 29.6. The number of hydrogen-bond donors (Lipinski definition) is 4. The van der Waals surface area contributed by atoms with Crippen LogP contribution in [0, 0.1) is 0 Å². The minimum Gasteiger partial charge on any atom is -0.423 e. The number of ether oxygens (including phenoxy) is 4. The fraction of sp³-hybridized carbons (Fsp3) is 0.656. The molecule has 0 fully saturated rings. The molecule has 0 aliphatic carbocycles. The summed E-state index contributed by atoms with van der Waals surface area (Å²) >= 11 is 11.9. The van der Waals surface area contributed by atoms with E-state index >= 15 is 0 Å². The average Bonchev–Trinajstić information content (AvgIpc) is 3.06. The molecule has 1 aromatic rings. The molecule has 49 heavy (non-hydrogen) atoms. The lowest BCUT2D eigenvalue weighted by Crippen LogP contribution is -2.31. The van der Waals surface area contributed by atoms with Gasteiger partial charge in [-0.25, -0.2) is 10.1 Å². The molecule has 0 saturated heterocycles. The van der Waals surface area contributed by atoms with Crippen LogP contribution in [0.25, 0.3) is 0 Å². The monoisotopic (exact) mass is 736 g/mol. The van der Waals surface area contributed by atoms with Crippen molar-refractivity contribution in [3.8, 4) is 5.75 Å². The normalized spacial score (nSPS) is 10.8. The number of nitrogens with one attached hydrogen (secondary N) is 2. The van der Waals surface area contributed by atoms with E-state index in [0.717, 1.165) is 6.42 Å². The number of hydrogen-bond acceptors (Lipinski definition) is 11. The highest BCUT2D eigenvalue weighted by Crippen LogP contribution is 2.32. The minimum absolute atomic E-state index is 0.0277. The molecule has 0 aliphatic rings. The number of esters is 1. The fourth-order valence-electron chi connectivity index (χ4n) is 4.00. The van der Waals surface area contributed by atoms with E-state index in [1.165, 1.54) is 6.92 Å². The molecule has 0 unspecified atom stereocenters. The number of rotatable bonds is 28. The van der Waals surface area contributed by atoms with Crippen molar-refractivity contribution < 1.29 is 53.3 Å². The van der Waals surface area contributed by atoms with Crippen LogP contribution in [-0.2, 0) is 38.2 Å². The van der Waals surface area contributed by atoms with Crippen LogP contribution in [0.15, 0.2) is 18.2 Å². The molecule has 17 heteroatoms. The lowest BCUT2D eigenvalue weighted by Gasteiger charge is -2.15. The average molecular weight is 738 g/mol. The highest BCUT2D eigenvalue weighted by atomic mass is 35.5. The number of benzene rings is 1. The number of carbonyl (C=O) groups is 5. The second-order valence-electron chi connectivity index (χ2n) is 10.8.